The SMILES string of the molecule is CN(C)C(=O)Nc1ccc2c(c1)CCC2. The van der Waals surface area contributed by atoms with Gasteiger partial charge in [-0.2, -0.15) is 0 Å². The van der Waals surface area contributed by atoms with Crippen molar-refractivity contribution < 1.29 is 4.79 Å². The topological polar surface area (TPSA) is 32.3 Å². The summed E-state index contributed by atoms with van der Waals surface area (Å²) in [6, 6.07) is 6.11. The Bertz CT molecular complexity index is 385. The molecule has 0 fully saturated rings. The number of benzene rings is 1. The van der Waals surface area contributed by atoms with Crippen molar-refractivity contribution in [1.82, 2.24) is 4.90 Å². The van der Waals surface area contributed by atoms with Crippen LogP contribution in [0.1, 0.15) is 17.5 Å². The number of nitrogens with one attached hydrogen (secondary N) is 1. The number of carbonyl (C=O) groups is 1. The van der Waals surface area contributed by atoms with E-state index in [0.717, 1.165) is 12.1 Å². The van der Waals surface area contributed by atoms with Crippen molar-refractivity contribution in [1.29, 1.82) is 0 Å². The van der Waals surface area contributed by atoms with Gasteiger partial charge >= 0.3 is 6.03 Å². The Morgan fingerprint density at radius 1 is 1.27 bits per heavy atom. The Balaban J connectivity index is 2.13. The molecule has 0 unspecified atom stereocenters. The number of anilines is 1. The molecule has 0 spiro atoms. The van der Waals surface area contributed by atoms with E-state index >= 15 is 0 Å². The molecule has 1 aromatic carbocycles. The lowest BCUT2D eigenvalue weighted by Crippen LogP contribution is -2.27. The lowest BCUT2D eigenvalue weighted by atomic mass is 10.1. The molecule has 1 aliphatic rings. The minimum atomic E-state index is -0.0760. The first-order valence-electron chi connectivity index (χ1n) is 5.27. The predicted molar refractivity (Wildman–Crippen MR) is 61.2 cm³/mol. The molecule has 1 N–H and O–H groups in total. The van der Waals surface area contributed by atoms with E-state index < -0.39 is 0 Å². The van der Waals surface area contributed by atoms with Crippen LogP contribution in [-0.2, 0) is 12.8 Å². The molecule has 3 heteroatoms. The van der Waals surface area contributed by atoms with Crippen molar-refractivity contribution in [3.63, 3.8) is 0 Å². The number of urea groups is 1. The summed E-state index contributed by atoms with van der Waals surface area (Å²) in [7, 11) is 3.48. The van der Waals surface area contributed by atoms with E-state index in [4.69, 9.17) is 0 Å². The Hall–Kier alpha value is -1.51. The monoisotopic (exact) mass is 204 g/mol. The summed E-state index contributed by atoms with van der Waals surface area (Å²) < 4.78 is 0. The molecular formula is C12H16N2O. The second-order valence-electron chi connectivity index (χ2n) is 4.16. The highest BCUT2D eigenvalue weighted by Crippen LogP contribution is 2.24. The third-order valence-corrected chi connectivity index (χ3v) is 2.76. The molecule has 80 valence electrons. The molecule has 0 atom stereocenters. The van der Waals surface area contributed by atoms with Crippen molar-refractivity contribution in [2.24, 2.45) is 0 Å². The lowest BCUT2D eigenvalue weighted by molar-refractivity contribution is 0.230. The number of amides is 2. The van der Waals surface area contributed by atoms with Crippen LogP contribution < -0.4 is 5.32 Å². The first-order valence-corrected chi connectivity index (χ1v) is 5.27. The Labute approximate surface area is 90.1 Å². The highest BCUT2D eigenvalue weighted by Gasteiger charge is 2.11. The maximum Gasteiger partial charge on any atom is 0.321 e. The van der Waals surface area contributed by atoms with E-state index in [2.05, 4.69) is 17.4 Å². The first-order chi connectivity index (χ1) is 7.16. The van der Waals surface area contributed by atoms with E-state index in [1.54, 1.807) is 14.1 Å². The molecule has 0 radical (unpaired) electrons. The van der Waals surface area contributed by atoms with Crippen LogP contribution in [0.5, 0.6) is 0 Å². The van der Waals surface area contributed by atoms with E-state index in [-0.39, 0.29) is 6.03 Å². The zero-order valence-corrected chi connectivity index (χ0v) is 9.21. The summed E-state index contributed by atoms with van der Waals surface area (Å²) in [6.07, 6.45) is 3.55. The minimum absolute atomic E-state index is 0.0760. The fourth-order valence-corrected chi connectivity index (χ4v) is 1.88. The summed E-state index contributed by atoms with van der Waals surface area (Å²) in [5.41, 5.74) is 3.71. The van der Waals surface area contributed by atoms with Crippen molar-refractivity contribution >= 4 is 11.7 Å². The molecule has 0 aromatic heterocycles. The third kappa shape index (κ3) is 2.12. The van der Waals surface area contributed by atoms with Crippen molar-refractivity contribution in [2.75, 3.05) is 19.4 Å². The summed E-state index contributed by atoms with van der Waals surface area (Å²) in [5.74, 6) is 0. The van der Waals surface area contributed by atoms with Gasteiger partial charge in [-0.05, 0) is 42.5 Å². The van der Waals surface area contributed by atoms with Gasteiger partial charge in [-0.3, -0.25) is 0 Å². The third-order valence-electron chi connectivity index (χ3n) is 2.76. The summed E-state index contributed by atoms with van der Waals surface area (Å²) in [4.78, 5) is 13.0. The van der Waals surface area contributed by atoms with Crippen LogP contribution in [-0.4, -0.2) is 25.0 Å². The molecule has 0 saturated carbocycles. The quantitative estimate of drug-likeness (QED) is 0.747. The van der Waals surface area contributed by atoms with Gasteiger partial charge in [0.1, 0.15) is 0 Å². The predicted octanol–water partition coefficient (Wildman–Crippen LogP) is 2.27. The zero-order valence-electron chi connectivity index (χ0n) is 9.21. The number of hydrogen-bond donors (Lipinski definition) is 1. The van der Waals surface area contributed by atoms with Crippen molar-refractivity contribution in [3.05, 3.63) is 29.3 Å². The molecule has 3 nitrogen and oxygen atoms in total. The van der Waals surface area contributed by atoms with Gasteiger partial charge in [-0.15, -0.1) is 0 Å². The molecule has 2 rings (SSSR count). The average Bonchev–Trinajstić information content (AvgIpc) is 2.64. The van der Waals surface area contributed by atoms with Crippen molar-refractivity contribution in [3.8, 4) is 0 Å². The van der Waals surface area contributed by atoms with Crippen molar-refractivity contribution in [2.45, 2.75) is 19.3 Å². The number of aryl methyl sites for hydroxylation is 2. The van der Waals surface area contributed by atoms with E-state index in [9.17, 15) is 4.79 Å². The molecule has 15 heavy (non-hydrogen) atoms. The highest BCUT2D eigenvalue weighted by atomic mass is 16.2. The second-order valence-corrected chi connectivity index (χ2v) is 4.16. The lowest BCUT2D eigenvalue weighted by Gasteiger charge is -2.12. The summed E-state index contributed by atoms with van der Waals surface area (Å²) in [5, 5.41) is 2.86. The van der Waals surface area contributed by atoms with Crippen LogP contribution >= 0.6 is 0 Å². The summed E-state index contributed by atoms with van der Waals surface area (Å²) >= 11 is 0. The number of nitrogens with zero attached hydrogens (tertiary/aromatic N) is 1. The maximum atomic E-state index is 11.4. The molecule has 0 heterocycles. The van der Waals surface area contributed by atoms with Crippen LogP contribution in [0.2, 0.25) is 0 Å². The van der Waals surface area contributed by atoms with E-state index in [1.165, 1.54) is 28.9 Å². The number of fused-ring (bicyclic) bond motifs is 1. The van der Waals surface area contributed by atoms with Crippen LogP contribution in [0.3, 0.4) is 0 Å². The Morgan fingerprint density at radius 2 is 2.00 bits per heavy atom. The number of carbonyl (C=O) groups excluding carboxylic acids is 1. The van der Waals surface area contributed by atoms with Gasteiger partial charge in [-0.1, -0.05) is 6.07 Å². The average molecular weight is 204 g/mol. The molecule has 2 amide bonds. The maximum absolute atomic E-state index is 11.4. The van der Waals surface area contributed by atoms with Crippen LogP contribution in [0, 0.1) is 0 Å². The molecule has 0 bridgehead atoms. The number of hydrogen-bond acceptors (Lipinski definition) is 1. The Kier molecular flexibility index (Phi) is 2.62. The summed E-state index contributed by atoms with van der Waals surface area (Å²) in [6.45, 7) is 0. The van der Waals surface area contributed by atoms with E-state index in [1.807, 2.05) is 6.07 Å². The molecular weight excluding hydrogens is 188 g/mol. The fraction of sp³-hybridized carbons (Fsp3) is 0.417. The highest BCUT2D eigenvalue weighted by molar-refractivity contribution is 5.89. The Morgan fingerprint density at radius 3 is 2.73 bits per heavy atom. The van der Waals surface area contributed by atoms with Crippen LogP contribution in [0.4, 0.5) is 10.5 Å². The smallest absolute Gasteiger partial charge is 0.321 e. The van der Waals surface area contributed by atoms with Gasteiger partial charge in [0.05, 0.1) is 0 Å². The van der Waals surface area contributed by atoms with Gasteiger partial charge in [0.15, 0.2) is 0 Å². The normalized spacial score (nSPS) is 13.5. The largest absolute Gasteiger partial charge is 0.331 e. The van der Waals surface area contributed by atoms with Gasteiger partial charge < -0.3 is 10.2 Å². The van der Waals surface area contributed by atoms with Gasteiger partial charge in [-0.25, -0.2) is 4.79 Å². The number of rotatable bonds is 1. The molecule has 0 saturated heterocycles. The zero-order chi connectivity index (χ0) is 10.8. The van der Waals surface area contributed by atoms with Gasteiger partial charge in [0.2, 0.25) is 0 Å². The van der Waals surface area contributed by atoms with E-state index in [0.29, 0.717) is 0 Å². The fourth-order valence-electron chi connectivity index (χ4n) is 1.88. The molecule has 1 aromatic rings. The van der Waals surface area contributed by atoms with Crippen LogP contribution in [0.25, 0.3) is 0 Å². The molecule has 1 aliphatic carbocycles. The van der Waals surface area contributed by atoms with Gasteiger partial charge in [0, 0.05) is 19.8 Å². The van der Waals surface area contributed by atoms with Crippen LogP contribution in [0.15, 0.2) is 18.2 Å². The second kappa shape index (κ2) is 3.93. The first kappa shape index (κ1) is 10.0. The molecule has 0 aliphatic heterocycles. The van der Waals surface area contributed by atoms with Gasteiger partial charge in [0.25, 0.3) is 0 Å². The minimum Gasteiger partial charge on any atom is -0.331 e. The standard InChI is InChI=1S/C12H16N2O/c1-14(2)12(15)13-11-7-6-9-4-3-5-10(9)8-11/h6-8H,3-5H2,1-2H3,(H,13,15).